The maximum Gasteiger partial charge on any atom is 0.203 e. The van der Waals surface area contributed by atoms with Crippen LogP contribution in [0, 0.1) is 0 Å². The first kappa shape index (κ1) is 11.4. The SMILES string of the molecule is CCNCC1CCCN1c1nccn2cnnc12. The zero-order valence-corrected chi connectivity index (χ0v) is 10.6. The molecule has 1 N–H and O–H groups in total. The van der Waals surface area contributed by atoms with E-state index in [4.69, 9.17) is 0 Å². The van der Waals surface area contributed by atoms with Crippen molar-refractivity contribution in [3.8, 4) is 0 Å². The lowest BCUT2D eigenvalue weighted by molar-refractivity contribution is 0.585. The van der Waals surface area contributed by atoms with Gasteiger partial charge in [-0.1, -0.05) is 6.92 Å². The molecule has 1 aliphatic heterocycles. The van der Waals surface area contributed by atoms with Crippen LogP contribution in [0.2, 0.25) is 0 Å². The van der Waals surface area contributed by atoms with Gasteiger partial charge < -0.3 is 10.2 Å². The van der Waals surface area contributed by atoms with E-state index in [2.05, 4.69) is 32.3 Å². The van der Waals surface area contributed by atoms with E-state index in [1.54, 1.807) is 6.33 Å². The minimum Gasteiger partial charge on any atom is -0.349 e. The molecule has 3 heterocycles. The summed E-state index contributed by atoms with van der Waals surface area (Å²) in [6.07, 6.45) is 7.84. The van der Waals surface area contributed by atoms with Crippen molar-refractivity contribution in [1.82, 2.24) is 24.9 Å². The van der Waals surface area contributed by atoms with E-state index >= 15 is 0 Å². The van der Waals surface area contributed by atoms with E-state index in [1.165, 1.54) is 12.8 Å². The molecule has 18 heavy (non-hydrogen) atoms. The zero-order valence-electron chi connectivity index (χ0n) is 10.6. The van der Waals surface area contributed by atoms with Crippen molar-refractivity contribution in [2.75, 3.05) is 24.5 Å². The summed E-state index contributed by atoms with van der Waals surface area (Å²) in [5.41, 5.74) is 0.848. The van der Waals surface area contributed by atoms with Crippen LogP contribution in [0.3, 0.4) is 0 Å². The first-order chi connectivity index (χ1) is 8.90. The van der Waals surface area contributed by atoms with Crippen LogP contribution < -0.4 is 10.2 Å². The van der Waals surface area contributed by atoms with Crippen molar-refractivity contribution in [1.29, 1.82) is 0 Å². The van der Waals surface area contributed by atoms with Crippen molar-refractivity contribution in [2.24, 2.45) is 0 Å². The van der Waals surface area contributed by atoms with Crippen molar-refractivity contribution in [3.63, 3.8) is 0 Å². The van der Waals surface area contributed by atoms with Gasteiger partial charge in [-0.3, -0.25) is 4.40 Å². The lowest BCUT2D eigenvalue weighted by atomic mass is 10.2. The second-order valence-electron chi connectivity index (χ2n) is 4.61. The van der Waals surface area contributed by atoms with Crippen LogP contribution in [0.4, 0.5) is 5.82 Å². The lowest BCUT2D eigenvalue weighted by Crippen LogP contribution is -2.38. The Bertz CT molecular complexity index is 522. The summed E-state index contributed by atoms with van der Waals surface area (Å²) in [6, 6.07) is 0.514. The zero-order chi connectivity index (χ0) is 12.4. The first-order valence-electron chi connectivity index (χ1n) is 6.52. The maximum atomic E-state index is 4.49. The average molecular weight is 246 g/mol. The number of likely N-dealkylation sites (N-methyl/N-ethyl adjacent to an activating group) is 1. The van der Waals surface area contributed by atoms with Gasteiger partial charge in [0.1, 0.15) is 6.33 Å². The minimum absolute atomic E-state index is 0.514. The number of fused-ring (bicyclic) bond motifs is 1. The van der Waals surface area contributed by atoms with Crippen molar-refractivity contribution >= 4 is 11.5 Å². The van der Waals surface area contributed by atoms with Crippen LogP contribution >= 0.6 is 0 Å². The minimum atomic E-state index is 0.514. The van der Waals surface area contributed by atoms with Gasteiger partial charge in [0.25, 0.3) is 0 Å². The number of nitrogens with zero attached hydrogens (tertiary/aromatic N) is 5. The molecular weight excluding hydrogens is 228 g/mol. The molecule has 0 aromatic carbocycles. The Balaban J connectivity index is 1.90. The summed E-state index contributed by atoms with van der Waals surface area (Å²) >= 11 is 0. The number of hydrogen-bond donors (Lipinski definition) is 1. The largest absolute Gasteiger partial charge is 0.349 e. The molecule has 2 aromatic heterocycles. The number of aromatic nitrogens is 4. The molecule has 0 amide bonds. The van der Waals surface area contributed by atoms with Crippen molar-refractivity contribution in [2.45, 2.75) is 25.8 Å². The molecule has 0 aliphatic carbocycles. The van der Waals surface area contributed by atoms with E-state index in [-0.39, 0.29) is 0 Å². The molecule has 0 radical (unpaired) electrons. The topological polar surface area (TPSA) is 58.4 Å². The molecule has 0 spiro atoms. The van der Waals surface area contributed by atoms with Gasteiger partial charge in [-0.05, 0) is 19.4 Å². The highest BCUT2D eigenvalue weighted by molar-refractivity contribution is 5.64. The molecule has 2 aromatic rings. The van der Waals surface area contributed by atoms with Gasteiger partial charge in [0, 0.05) is 31.5 Å². The van der Waals surface area contributed by atoms with Gasteiger partial charge in [-0.2, -0.15) is 0 Å². The summed E-state index contributed by atoms with van der Waals surface area (Å²) in [5.74, 6) is 0.954. The average Bonchev–Trinajstić information content (AvgIpc) is 3.04. The standard InChI is InChI=1S/C12H18N6/c1-2-13-8-10-4-3-6-18(10)11-12-16-15-9-17(12)7-5-14-11/h5,7,9-10,13H,2-4,6,8H2,1H3. The monoisotopic (exact) mass is 246 g/mol. The molecule has 0 saturated carbocycles. The highest BCUT2D eigenvalue weighted by atomic mass is 15.3. The molecule has 6 nitrogen and oxygen atoms in total. The van der Waals surface area contributed by atoms with Crippen LogP contribution in [-0.2, 0) is 0 Å². The van der Waals surface area contributed by atoms with Gasteiger partial charge in [-0.15, -0.1) is 10.2 Å². The van der Waals surface area contributed by atoms with Crippen LogP contribution in [0.25, 0.3) is 5.65 Å². The Hall–Kier alpha value is -1.69. The Kier molecular flexibility index (Phi) is 3.10. The third-order valence-corrected chi connectivity index (χ3v) is 3.48. The number of anilines is 1. The highest BCUT2D eigenvalue weighted by Crippen LogP contribution is 2.25. The summed E-state index contributed by atoms with van der Waals surface area (Å²) in [7, 11) is 0. The smallest absolute Gasteiger partial charge is 0.203 e. The molecule has 0 bridgehead atoms. The number of nitrogens with one attached hydrogen (secondary N) is 1. The van der Waals surface area contributed by atoms with Crippen molar-refractivity contribution in [3.05, 3.63) is 18.7 Å². The first-order valence-corrected chi connectivity index (χ1v) is 6.52. The van der Waals surface area contributed by atoms with E-state index in [0.29, 0.717) is 6.04 Å². The summed E-state index contributed by atoms with van der Waals surface area (Å²) in [6.45, 7) is 5.20. The fourth-order valence-corrected chi connectivity index (χ4v) is 2.59. The fraction of sp³-hybridized carbons (Fsp3) is 0.583. The summed E-state index contributed by atoms with van der Waals surface area (Å²) < 4.78 is 1.92. The van der Waals surface area contributed by atoms with Gasteiger partial charge in [0.05, 0.1) is 0 Å². The third kappa shape index (κ3) is 1.92. The Morgan fingerprint density at radius 2 is 2.44 bits per heavy atom. The van der Waals surface area contributed by atoms with E-state index in [1.807, 2.05) is 16.8 Å². The molecule has 1 saturated heterocycles. The third-order valence-electron chi connectivity index (χ3n) is 3.48. The maximum absolute atomic E-state index is 4.49. The molecule has 1 unspecified atom stereocenters. The second-order valence-corrected chi connectivity index (χ2v) is 4.61. The molecular formula is C12H18N6. The molecule has 96 valence electrons. The Morgan fingerprint density at radius 3 is 3.33 bits per heavy atom. The van der Waals surface area contributed by atoms with Gasteiger partial charge in [0.15, 0.2) is 5.82 Å². The van der Waals surface area contributed by atoms with Crippen LogP contribution in [-0.4, -0.2) is 45.3 Å². The lowest BCUT2D eigenvalue weighted by Gasteiger charge is -2.25. The Labute approximate surface area is 106 Å². The normalized spacial score (nSPS) is 19.8. The van der Waals surface area contributed by atoms with Gasteiger partial charge in [-0.25, -0.2) is 4.98 Å². The summed E-state index contributed by atoms with van der Waals surface area (Å²) in [5, 5.41) is 11.5. The fourth-order valence-electron chi connectivity index (χ4n) is 2.59. The molecule has 1 fully saturated rings. The van der Waals surface area contributed by atoms with E-state index in [9.17, 15) is 0 Å². The van der Waals surface area contributed by atoms with E-state index < -0.39 is 0 Å². The quantitative estimate of drug-likeness (QED) is 0.860. The number of hydrogen-bond acceptors (Lipinski definition) is 5. The molecule has 1 atom stereocenters. The van der Waals surface area contributed by atoms with Gasteiger partial charge in [0.2, 0.25) is 5.65 Å². The summed E-state index contributed by atoms with van der Waals surface area (Å²) in [4.78, 5) is 6.85. The molecule has 1 aliphatic rings. The van der Waals surface area contributed by atoms with Crippen molar-refractivity contribution < 1.29 is 0 Å². The predicted molar refractivity (Wildman–Crippen MR) is 69.7 cm³/mol. The van der Waals surface area contributed by atoms with E-state index in [0.717, 1.165) is 31.1 Å². The molecule has 6 heteroatoms. The van der Waals surface area contributed by atoms with Crippen LogP contribution in [0.15, 0.2) is 18.7 Å². The molecule has 3 rings (SSSR count). The Morgan fingerprint density at radius 1 is 1.50 bits per heavy atom. The van der Waals surface area contributed by atoms with Gasteiger partial charge >= 0.3 is 0 Å². The van der Waals surface area contributed by atoms with Crippen LogP contribution in [0.5, 0.6) is 0 Å². The predicted octanol–water partition coefficient (Wildman–Crippen LogP) is 0.703. The highest BCUT2D eigenvalue weighted by Gasteiger charge is 2.27. The number of rotatable bonds is 4. The van der Waals surface area contributed by atoms with Crippen LogP contribution in [0.1, 0.15) is 19.8 Å². The second kappa shape index (κ2) is 4.89.